The van der Waals surface area contributed by atoms with Crippen molar-refractivity contribution < 1.29 is 0 Å². The van der Waals surface area contributed by atoms with Crippen LogP contribution in [0.2, 0.25) is 13.1 Å². The molecule has 18 heavy (non-hydrogen) atoms. The largest absolute Gasteiger partial charge is 0.153 e. The predicted molar refractivity (Wildman–Crippen MR) is 85.2 cm³/mol. The molecule has 1 unspecified atom stereocenters. The zero-order valence-electron chi connectivity index (χ0n) is 11.4. The highest BCUT2D eigenvalue weighted by molar-refractivity contribution is 8.02. The fourth-order valence-corrected chi connectivity index (χ4v) is 10.2. The van der Waals surface area contributed by atoms with Crippen molar-refractivity contribution in [1.82, 2.24) is 0 Å². The Bertz CT molecular complexity index is 447. The Hall–Kier alpha value is -0.473. The van der Waals surface area contributed by atoms with Gasteiger partial charge in [-0.05, 0) is 25.2 Å². The van der Waals surface area contributed by atoms with Gasteiger partial charge in [0.25, 0.3) is 0 Å². The maximum Gasteiger partial charge on any atom is 0.0983 e. The first kappa shape index (κ1) is 12.6. The second kappa shape index (κ2) is 4.57. The third-order valence-electron chi connectivity index (χ3n) is 4.82. The molecule has 0 amide bonds. The van der Waals surface area contributed by atoms with Gasteiger partial charge in [-0.2, -0.15) is 11.8 Å². The van der Waals surface area contributed by atoms with Crippen molar-refractivity contribution in [2.75, 3.05) is 5.75 Å². The molecule has 3 rings (SSSR count). The third-order valence-corrected chi connectivity index (χ3v) is 12.7. The first-order chi connectivity index (χ1) is 8.67. The van der Waals surface area contributed by atoms with Gasteiger partial charge >= 0.3 is 0 Å². The van der Waals surface area contributed by atoms with E-state index in [1.165, 1.54) is 25.0 Å². The van der Waals surface area contributed by atoms with Crippen molar-refractivity contribution in [3.8, 4) is 0 Å². The zero-order chi connectivity index (χ0) is 12.6. The van der Waals surface area contributed by atoms with Crippen molar-refractivity contribution in [3.63, 3.8) is 0 Å². The van der Waals surface area contributed by atoms with E-state index >= 15 is 0 Å². The monoisotopic (exact) mass is 274 g/mol. The van der Waals surface area contributed by atoms with Gasteiger partial charge < -0.3 is 0 Å². The maximum atomic E-state index is 2.59. The van der Waals surface area contributed by atoms with E-state index in [4.69, 9.17) is 0 Å². The van der Waals surface area contributed by atoms with Crippen LogP contribution < -0.4 is 5.19 Å². The molecule has 0 nitrogen and oxygen atoms in total. The average molecular weight is 275 g/mol. The Labute approximate surface area is 116 Å². The van der Waals surface area contributed by atoms with Gasteiger partial charge in [0.05, 0.1) is 8.07 Å². The molecule has 1 aliphatic heterocycles. The molecule has 0 radical (unpaired) electrons. The summed E-state index contributed by atoms with van der Waals surface area (Å²) >= 11 is 2.26. The number of thioether (sulfide) groups is 1. The first-order valence-electron chi connectivity index (χ1n) is 7.01. The van der Waals surface area contributed by atoms with Crippen molar-refractivity contribution in [2.45, 2.75) is 36.7 Å². The third kappa shape index (κ3) is 1.90. The van der Waals surface area contributed by atoms with Gasteiger partial charge in [-0.1, -0.05) is 60.8 Å². The molecule has 96 valence electrons. The van der Waals surface area contributed by atoms with Gasteiger partial charge in [-0.25, -0.2) is 0 Å². The van der Waals surface area contributed by atoms with Crippen LogP contribution in [0, 0.1) is 5.92 Å². The minimum Gasteiger partial charge on any atom is -0.153 e. The number of hydrogen-bond donors (Lipinski definition) is 0. The van der Waals surface area contributed by atoms with E-state index in [9.17, 15) is 0 Å². The fraction of sp³-hybridized carbons (Fsp3) is 0.500. The summed E-state index contributed by atoms with van der Waals surface area (Å²) < 4.78 is 0.559. The molecule has 2 aliphatic rings. The molecule has 1 atom stereocenters. The summed E-state index contributed by atoms with van der Waals surface area (Å²) in [6.07, 6.45) is 9.04. The van der Waals surface area contributed by atoms with E-state index in [0.29, 0.717) is 4.37 Å². The molecule has 1 saturated carbocycles. The lowest BCUT2D eigenvalue weighted by molar-refractivity contribution is 0.667. The summed E-state index contributed by atoms with van der Waals surface area (Å²) in [7, 11) is -1.42. The smallest absolute Gasteiger partial charge is 0.0983 e. The van der Waals surface area contributed by atoms with Gasteiger partial charge in [0, 0.05) is 10.1 Å². The first-order valence-corrected chi connectivity index (χ1v) is 11.0. The lowest BCUT2D eigenvalue weighted by Crippen LogP contribution is -2.62. The van der Waals surface area contributed by atoms with Crippen LogP contribution in [-0.2, 0) is 0 Å². The van der Waals surface area contributed by atoms with Crippen LogP contribution in [0.15, 0.2) is 42.5 Å². The molecule has 1 aromatic carbocycles. The SMILES string of the molecule is C[Si](C)(c1ccccc1)C1(C2CC2)CC=CCS1. The number of allylic oxidation sites excluding steroid dienone is 1. The lowest BCUT2D eigenvalue weighted by atomic mass is 10.2. The Balaban J connectivity index is 2.01. The van der Waals surface area contributed by atoms with Gasteiger partial charge in [0.15, 0.2) is 0 Å². The summed E-state index contributed by atoms with van der Waals surface area (Å²) in [4.78, 5) is 0. The van der Waals surface area contributed by atoms with E-state index in [1.807, 2.05) is 0 Å². The Kier molecular flexibility index (Phi) is 3.19. The normalized spacial score (nSPS) is 28.3. The highest BCUT2D eigenvalue weighted by atomic mass is 32.2. The van der Waals surface area contributed by atoms with Crippen molar-refractivity contribution in [3.05, 3.63) is 42.5 Å². The zero-order valence-corrected chi connectivity index (χ0v) is 13.2. The summed E-state index contributed by atoms with van der Waals surface area (Å²) in [6, 6.07) is 11.3. The van der Waals surface area contributed by atoms with Crippen LogP contribution in [0.3, 0.4) is 0 Å². The molecule has 2 heteroatoms. The number of benzene rings is 1. The van der Waals surface area contributed by atoms with Gasteiger partial charge in [0.2, 0.25) is 0 Å². The molecule has 0 spiro atoms. The minimum absolute atomic E-state index is 0.559. The van der Waals surface area contributed by atoms with Gasteiger partial charge in [-0.3, -0.25) is 0 Å². The van der Waals surface area contributed by atoms with Gasteiger partial charge in [0.1, 0.15) is 0 Å². The van der Waals surface area contributed by atoms with Gasteiger partial charge in [-0.15, -0.1) is 0 Å². The Morgan fingerprint density at radius 3 is 2.39 bits per heavy atom. The van der Waals surface area contributed by atoms with Crippen LogP contribution in [0.25, 0.3) is 0 Å². The average Bonchev–Trinajstić information content (AvgIpc) is 3.25. The number of rotatable bonds is 3. The second-order valence-electron chi connectivity index (χ2n) is 6.14. The minimum atomic E-state index is -1.42. The topological polar surface area (TPSA) is 0 Å². The summed E-state index contributed by atoms with van der Waals surface area (Å²) in [5, 5.41) is 1.64. The molecular weight excluding hydrogens is 252 g/mol. The van der Waals surface area contributed by atoms with Crippen LogP contribution in [-0.4, -0.2) is 18.2 Å². The van der Waals surface area contributed by atoms with E-state index in [-0.39, 0.29) is 0 Å². The summed E-state index contributed by atoms with van der Waals surface area (Å²) in [6.45, 7) is 5.18. The van der Waals surface area contributed by atoms with E-state index in [1.54, 1.807) is 5.19 Å². The lowest BCUT2D eigenvalue weighted by Gasteiger charge is -2.47. The molecule has 0 bridgehead atoms. The quantitative estimate of drug-likeness (QED) is 0.593. The van der Waals surface area contributed by atoms with E-state index in [2.05, 4.69) is 67.3 Å². The standard InChI is InChI=1S/C16H22SSi/c1-18(2,15-8-4-3-5-9-15)16(14-10-11-14)12-6-7-13-17-16/h3-9,14H,10-13H2,1-2H3. The molecule has 1 aliphatic carbocycles. The summed E-state index contributed by atoms with van der Waals surface area (Å²) in [5.41, 5.74) is 0. The Morgan fingerprint density at radius 2 is 1.83 bits per heavy atom. The molecule has 0 saturated heterocycles. The predicted octanol–water partition coefficient (Wildman–Crippen LogP) is 3.98. The molecular formula is C16H22SSi. The van der Waals surface area contributed by atoms with E-state index in [0.717, 1.165) is 5.92 Å². The van der Waals surface area contributed by atoms with Crippen LogP contribution in [0.5, 0.6) is 0 Å². The van der Waals surface area contributed by atoms with Crippen LogP contribution >= 0.6 is 11.8 Å². The molecule has 0 N–H and O–H groups in total. The van der Waals surface area contributed by atoms with Crippen LogP contribution in [0.4, 0.5) is 0 Å². The highest BCUT2D eigenvalue weighted by Gasteiger charge is 2.56. The second-order valence-corrected chi connectivity index (χ2v) is 12.6. The maximum absolute atomic E-state index is 2.59. The number of hydrogen-bond acceptors (Lipinski definition) is 1. The summed E-state index contributed by atoms with van der Waals surface area (Å²) in [5.74, 6) is 2.20. The van der Waals surface area contributed by atoms with Crippen LogP contribution in [0.1, 0.15) is 19.3 Å². The van der Waals surface area contributed by atoms with E-state index < -0.39 is 8.07 Å². The molecule has 1 aromatic rings. The Morgan fingerprint density at radius 1 is 1.11 bits per heavy atom. The van der Waals surface area contributed by atoms with Crippen molar-refractivity contribution in [2.24, 2.45) is 5.92 Å². The highest BCUT2D eigenvalue weighted by Crippen LogP contribution is 2.55. The molecule has 1 fully saturated rings. The fourth-order valence-electron chi connectivity index (χ4n) is 3.46. The molecule has 1 heterocycles. The van der Waals surface area contributed by atoms with Crippen molar-refractivity contribution in [1.29, 1.82) is 0 Å². The molecule has 0 aromatic heterocycles. The van der Waals surface area contributed by atoms with Crippen molar-refractivity contribution >= 4 is 25.0 Å².